The lowest BCUT2D eigenvalue weighted by atomic mass is 10.0. The van der Waals surface area contributed by atoms with Gasteiger partial charge in [-0.05, 0) is 30.0 Å². The number of nitrogens with zero attached hydrogens (tertiary/aromatic N) is 5. The molecule has 0 saturated carbocycles. The Morgan fingerprint density at radius 2 is 1.90 bits per heavy atom. The van der Waals surface area contributed by atoms with Gasteiger partial charge in [0.2, 0.25) is 5.95 Å². The molecule has 2 atom stereocenters. The Labute approximate surface area is 175 Å². The highest BCUT2D eigenvalue weighted by atomic mass is 16.6. The minimum atomic E-state index is -0.364. The average molecular weight is 406 g/mol. The van der Waals surface area contributed by atoms with Crippen molar-refractivity contribution >= 4 is 17.9 Å². The van der Waals surface area contributed by atoms with Crippen LogP contribution in [0.15, 0.2) is 48.9 Å². The predicted octanol–water partition coefficient (Wildman–Crippen LogP) is 4.03. The number of hydrogen-bond donors (Lipinski definition) is 1. The number of cyclic esters (lactones) is 1. The van der Waals surface area contributed by atoms with Gasteiger partial charge in [-0.2, -0.15) is 10.1 Å². The molecule has 1 N–H and O–H groups in total. The number of rotatable bonds is 6. The van der Waals surface area contributed by atoms with Crippen LogP contribution >= 0.6 is 0 Å². The van der Waals surface area contributed by atoms with E-state index in [0.717, 1.165) is 16.7 Å². The second-order valence-corrected chi connectivity index (χ2v) is 7.89. The first-order chi connectivity index (χ1) is 14.4. The zero-order valence-corrected chi connectivity index (χ0v) is 17.6. The number of hydrogen-bond acceptors (Lipinski definition) is 6. The molecule has 0 aliphatic carbocycles. The number of anilines is 2. The summed E-state index contributed by atoms with van der Waals surface area (Å²) in [5, 5.41) is 7.55. The maximum Gasteiger partial charge on any atom is 0.415 e. The average Bonchev–Trinajstić information content (AvgIpc) is 3.34. The smallest absolute Gasteiger partial charge is 0.415 e. The lowest BCUT2D eigenvalue weighted by Gasteiger charge is -2.23. The highest BCUT2D eigenvalue weighted by Gasteiger charge is 2.37. The standard InChI is InChI=1S/C22H26N6O2/c1-14(2)19-13-30-22(29)28(19)20-9-10-23-21(26-20)25-15(3)16-5-7-17(8-6-16)18-11-24-27(4)12-18/h5-12,14-15,19H,13H2,1-4H3,(H,23,25,26)/t15-,19?/m0/s1. The molecule has 0 spiro atoms. The van der Waals surface area contributed by atoms with Crippen LogP contribution in [0.5, 0.6) is 0 Å². The third-order valence-corrected chi connectivity index (χ3v) is 5.36. The summed E-state index contributed by atoms with van der Waals surface area (Å²) in [6, 6.07) is 10.0. The van der Waals surface area contributed by atoms with Gasteiger partial charge in [-0.1, -0.05) is 38.1 Å². The number of aromatic nitrogens is 4. The number of nitrogens with one attached hydrogen (secondary N) is 1. The summed E-state index contributed by atoms with van der Waals surface area (Å²) in [5.41, 5.74) is 3.31. The molecule has 3 heterocycles. The van der Waals surface area contributed by atoms with Gasteiger partial charge in [-0.25, -0.2) is 9.78 Å². The number of ether oxygens (including phenoxy) is 1. The second kappa shape index (κ2) is 8.14. The molecule has 1 aliphatic heterocycles. The molecule has 1 fully saturated rings. The monoisotopic (exact) mass is 406 g/mol. The zero-order valence-electron chi connectivity index (χ0n) is 17.6. The van der Waals surface area contributed by atoms with Crippen LogP contribution in [-0.4, -0.2) is 38.5 Å². The minimum absolute atomic E-state index is 0.00498. The van der Waals surface area contributed by atoms with Crippen molar-refractivity contribution < 1.29 is 9.53 Å². The van der Waals surface area contributed by atoms with Gasteiger partial charge in [-0.3, -0.25) is 9.58 Å². The van der Waals surface area contributed by atoms with Crippen molar-refractivity contribution in [2.24, 2.45) is 13.0 Å². The summed E-state index contributed by atoms with van der Waals surface area (Å²) in [6.07, 6.45) is 5.14. The van der Waals surface area contributed by atoms with Crippen LogP contribution in [0.4, 0.5) is 16.6 Å². The van der Waals surface area contributed by atoms with E-state index in [-0.39, 0.29) is 24.1 Å². The maximum atomic E-state index is 12.2. The summed E-state index contributed by atoms with van der Waals surface area (Å²) in [4.78, 5) is 22.7. The molecule has 1 aromatic carbocycles. The van der Waals surface area contributed by atoms with E-state index in [1.165, 1.54) is 0 Å². The van der Waals surface area contributed by atoms with Gasteiger partial charge in [0, 0.05) is 25.0 Å². The highest BCUT2D eigenvalue weighted by molar-refractivity contribution is 5.89. The van der Waals surface area contributed by atoms with E-state index in [9.17, 15) is 4.79 Å². The van der Waals surface area contributed by atoms with Crippen molar-refractivity contribution in [1.82, 2.24) is 19.7 Å². The Bertz CT molecular complexity index is 1030. The van der Waals surface area contributed by atoms with E-state index in [4.69, 9.17) is 4.74 Å². The molecule has 1 amide bonds. The minimum Gasteiger partial charge on any atom is -0.447 e. The lowest BCUT2D eigenvalue weighted by molar-refractivity contribution is 0.177. The number of carbonyl (C=O) groups excluding carboxylic acids is 1. The van der Waals surface area contributed by atoms with Crippen molar-refractivity contribution in [3.05, 3.63) is 54.5 Å². The summed E-state index contributed by atoms with van der Waals surface area (Å²) < 4.78 is 7.02. The predicted molar refractivity (Wildman–Crippen MR) is 115 cm³/mol. The van der Waals surface area contributed by atoms with Crippen LogP contribution in [0.1, 0.15) is 32.4 Å². The van der Waals surface area contributed by atoms with E-state index in [1.54, 1.807) is 21.8 Å². The highest BCUT2D eigenvalue weighted by Crippen LogP contribution is 2.27. The molecule has 0 bridgehead atoms. The topological polar surface area (TPSA) is 85.2 Å². The first-order valence-corrected chi connectivity index (χ1v) is 10.1. The third-order valence-electron chi connectivity index (χ3n) is 5.36. The van der Waals surface area contributed by atoms with Crippen LogP contribution in [0.2, 0.25) is 0 Å². The second-order valence-electron chi connectivity index (χ2n) is 7.89. The molecule has 8 heteroatoms. The Kier molecular flexibility index (Phi) is 5.39. The molecule has 2 aromatic heterocycles. The van der Waals surface area contributed by atoms with Crippen LogP contribution in [0.3, 0.4) is 0 Å². The molecule has 8 nitrogen and oxygen atoms in total. The molecule has 0 radical (unpaired) electrons. The molecule has 1 saturated heterocycles. The molecule has 30 heavy (non-hydrogen) atoms. The van der Waals surface area contributed by atoms with Gasteiger partial charge < -0.3 is 10.1 Å². The first kappa shape index (κ1) is 19.9. The van der Waals surface area contributed by atoms with Crippen molar-refractivity contribution in [1.29, 1.82) is 0 Å². The number of amides is 1. The summed E-state index contributed by atoms with van der Waals surface area (Å²) in [5.74, 6) is 1.28. The maximum absolute atomic E-state index is 12.2. The fourth-order valence-electron chi connectivity index (χ4n) is 3.55. The van der Waals surface area contributed by atoms with Gasteiger partial charge in [-0.15, -0.1) is 0 Å². The van der Waals surface area contributed by atoms with Crippen LogP contribution in [-0.2, 0) is 11.8 Å². The van der Waals surface area contributed by atoms with E-state index < -0.39 is 0 Å². The molecule has 3 aromatic rings. The number of carbonyl (C=O) groups is 1. The van der Waals surface area contributed by atoms with Crippen LogP contribution in [0, 0.1) is 5.92 Å². The van der Waals surface area contributed by atoms with Gasteiger partial charge in [0.1, 0.15) is 12.4 Å². The Morgan fingerprint density at radius 1 is 1.13 bits per heavy atom. The van der Waals surface area contributed by atoms with Gasteiger partial charge in [0.25, 0.3) is 0 Å². The number of aryl methyl sites for hydroxylation is 1. The van der Waals surface area contributed by atoms with E-state index in [2.05, 4.69) is 65.4 Å². The first-order valence-electron chi connectivity index (χ1n) is 10.1. The van der Waals surface area contributed by atoms with Crippen molar-refractivity contribution in [3.8, 4) is 11.1 Å². The molecular formula is C22H26N6O2. The fourth-order valence-corrected chi connectivity index (χ4v) is 3.55. The molecule has 1 unspecified atom stereocenters. The zero-order chi connectivity index (χ0) is 21.3. The largest absolute Gasteiger partial charge is 0.447 e. The van der Waals surface area contributed by atoms with Gasteiger partial charge in [0.15, 0.2) is 0 Å². The van der Waals surface area contributed by atoms with Gasteiger partial charge in [0.05, 0.1) is 18.3 Å². The summed E-state index contributed by atoms with van der Waals surface area (Å²) in [7, 11) is 1.91. The fraction of sp³-hybridized carbons (Fsp3) is 0.364. The summed E-state index contributed by atoms with van der Waals surface area (Å²) in [6.45, 7) is 6.56. The summed E-state index contributed by atoms with van der Waals surface area (Å²) >= 11 is 0. The quantitative estimate of drug-likeness (QED) is 0.665. The Balaban J connectivity index is 1.49. The van der Waals surface area contributed by atoms with Crippen molar-refractivity contribution in [3.63, 3.8) is 0 Å². The molecule has 1 aliphatic rings. The van der Waals surface area contributed by atoms with E-state index >= 15 is 0 Å². The van der Waals surface area contributed by atoms with Crippen LogP contribution < -0.4 is 10.2 Å². The van der Waals surface area contributed by atoms with Gasteiger partial charge >= 0.3 is 6.09 Å². The Hall–Kier alpha value is -3.42. The van der Waals surface area contributed by atoms with Crippen molar-refractivity contribution in [2.45, 2.75) is 32.9 Å². The third kappa shape index (κ3) is 3.98. The Morgan fingerprint density at radius 3 is 2.57 bits per heavy atom. The van der Waals surface area contributed by atoms with E-state index in [1.807, 2.05) is 19.4 Å². The SMILES string of the molecule is CC(C)C1COC(=O)N1c1ccnc(N[C@@H](C)c2ccc(-c3cnn(C)c3)cc2)n1. The van der Waals surface area contributed by atoms with E-state index in [0.29, 0.717) is 18.4 Å². The normalized spacial score (nSPS) is 17.3. The molecule has 156 valence electrons. The molecule has 4 rings (SSSR count). The van der Waals surface area contributed by atoms with Crippen molar-refractivity contribution in [2.75, 3.05) is 16.8 Å². The number of benzene rings is 1. The van der Waals surface area contributed by atoms with Crippen LogP contribution in [0.25, 0.3) is 11.1 Å². The molecular weight excluding hydrogens is 380 g/mol. The lowest BCUT2D eigenvalue weighted by Crippen LogP contribution is -2.37.